The molecule has 1 amide bonds. The van der Waals surface area contributed by atoms with Crippen molar-refractivity contribution >= 4 is 23.3 Å². The zero-order valence-corrected chi connectivity index (χ0v) is 17.8. The summed E-state index contributed by atoms with van der Waals surface area (Å²) in [5, 5.41) is 0.669. The molecular formula is C24H23ClN4O2. The van der Waals surface area contributed by atoms with Crippen molar-refractivity contribution in [1.82, 2.24) is 14.9 Å². The van der Waals surface area contributed by atoms with Gasteiger partial charge in [-0.3, -0.25) is 4.79 Å². The molecule has 31 heavy (non-hydrogen) atoms. The normalized spacial score (nSPS) is 16.5. The fraction of sp³-hybridized carbons (Fsp3) is 0.292. The van der Waals surface area contributed by atoms with E-state index in [2.05, 4.69) is 4.98 Å². The Bertz CT molecular complexity index is 1140. The number of halogens is 1. The van der Waals surface area contributed by atoms with Crippen LogP contribution >= 0.6 is 11.6 Å². The highest BCUT2D eigenvalue weighted by atomic mass is 35.5. The molecule has 2 aromatic carbocycles. The van der Waals surface area contributed by atoms with Gasteiger partial charge in [-0.25, -0.2) is 9.97 Å². The number of anilines is 1. The van der Waals surface area contributed by atoms with Crippen molar-refractivity contribution in [3.05, 3.63) is 76.1 Å². The Kier molecular flexibility index (Phi) is 5.34. The molecule has 0 atom stereocenters. The van der Waals surface area contributed by atoms with Crippen molar-refractivity contribution in [3.8, 4) is 11.3 Å². The molecule has 2 aliphatic rings. The van der Waals surface area contributed by atoms with E-state index in [0.29, 0.717) is 35.5 Å². The SMILES string of the molecule is Nc1ncc(C2CCOCC2)nc1-c1ccc2c(c1)CN(Cc1cccc(Cl)c1)C2=O. The quantitative estimate of drug-likeness (QED) is 0.656. The van der Waals surface area contributed by atoms with Crippen LogP contribution in [0.4, 0.5) is 5.82 Å². The second-order valence-electron chi connectivity index (χ2n) is 8.08. The summed E-state index contributed by atoms with van der Waals surface area (Å²) < 4.78 is 5.46. The first kappa shape index (κ1) is 20.0. The number of hydrogen-bond donors (Lipinski definition) is 1. The highest BCUT2D eigenvalue weighted by Gasteiger charge is 2.28. The average molecular weight is 435 g/mol. The van der Waals surface area contributed by atoms with Gasteiger partial charge in [0.25, 0.3) is 5.91 Å². The number of nitrogen functional groups attached to an aromatic ring is 1. The third-order valence-electron chi connectivity index (χ3n) is 5.98. The Hall–Kier alpha value is -2.96. The lowest BCUT2D eigenvalue weighted by atomic mass is 9.96. The summed E-state index contributed by atoms with van der Waals surface area (Å²) in [5.41, 5.74) is 11.4. The number of rotatable bonds is 4. The number of carbonyl (C=O) groups is 1. The van der Waals surface area contributed by atoms with Crippen molar-refractivity contribution in [2.45, 2.75) is 31.8 Å². The van der Waals surface area contributed by atoms with E-state index >= 15 is 0 Å². The lowest BCUT2D eigenvalue weighted by Gasteiger charge is -2.22. The summed E-state index contributed by atoms with van der Waals surface area (Å²) in [5.74, 6) is 0.761. The molecule has 158 valence electrons. The molecule has 3 heterocycles. The third kappa shape index (κ3) is 4.01. The Balaban J connectivity index is 1.41. The Morgan fingerprint density at radius 3 is 2.81 bits per heavy atom. The van der Waals surface area contributed by atoms with Gasteiger partial charge >= 0.3 is 0 Å². The van der Waals surface area contributed by atoms with Gasteiger partial charge in [0.1, 0.15) is 11.5 Å². The average Bonchev–Trinajstić information content (AvgIpc) is 3.09. The topological polar surface area (TPSA) is 81.3 Å². The number of carbonyl (C=O) groups excluding carboxylic acids is 1. The fourth-order valence-electron chi connectivity index (χ4n) is 4.33. The van der Waals surface area contributed by atoms with Crippen LogP contribution in [-0.4, -0.2) is 34.0 Å². The maximum atomic E-state index is 12.9. The zero-order chi connectivity index (χ0) is 21.4. The van der Waals surface area contributed by atoms with E-state index in [0.717, 1.165) is 54.0 Å². The van der Waals surface area contributed by atoms with Gasteiger partial charge < -0.3 is 15.4 Å². The zero-order valence-electron chi connectivity index (χ0n) is 17.1. The van der Waals surface area contributed by atoms with E-state index in [1.165, 1.54) is 0 Å². The molecule has 6 nitrogen and oxygen atoms in total. The molecule has 2 N–H and O–H groups in total. The largest absolute Gasteiger partial charge is 0.382 e. The van der Waals surface area contributed by atoms with E-state index < -0.39 is 0 Å². The highest BCUT2D eigenvalue weighted by Crippen LogP contribution is 2.32. The number of nitrogens with zero attached hydrogens (tertiary/aromatic N) is 3. The number of aromatic nitrogens is 2. The van der Waals surface area contributed by atoms with Crippen LogP contribution in [0.5, 0.6) is 0 Å². The molecule has 0 saturated carbocycles. The van der Waals surface area contributed by atoms with E-state index in [-0.39, 0.29) is 5.91 Å². The first-order valence-electron chi connectivity index (χ1n) is 10.5. The molecule has 5 rings (SSSR count). The minimum Gasteiger partial charge on any atom is -0.382 e. The van der Waals surface area contributed by atoms with Gasteiger partial charge in [0.05, 0.1) is 11.9 Å². The maximum Gasteiger partial charge on any atom is 0.254 e. The van der Waals surface area contributed by atoms with Crippen molar-refractivity contribution in [2.75, 3.05) is 18.9 Å². The number of ether oxygens (including phenoxy) is 1. The Morgan fingerprint density at radius 1 is 1.16 bits per heavy atom. The van der Waals surface area contributed by atoms with Gasteiger partial charge in [0.15, 0.2) is 0 Å². The van der Waals surface area contributed by atoms with Crippen LogP contribution in [-0.2, 0) is 17.8 Å². The number of nitrogens with two attached hydrogens (primary N) is 1. The van der Waals surface area contributed by atoms with Crippen molar-refractivity contribution in [3.63, 3.8) is 0 Å². The highest BCUT2D eigenvalue weighted by molar-refractivity contribution is 6.30. The van der Waals surface area contributed by atoms with Gasteiger partial charge in [-0.1, -0.05) is 29.8 Å². The minimum atomic E-state index is 0.0246. The summed E-state index contributed by atoms with van der Waals surface area (Å²) >= 11 is 6.09. The van der Waals surface area contributed by atoms with E-state index in [1.807, 2.05) is 47.4 Å². The predicted octanol–water partition coefficient (Wildman–Crippen LogP) is 4.43. The molecule has 3 aromatic rings. The first-order chi connectivity index (χ1) is 15.1. The monoisotopic (exact) mass is 434 g/mol. The molecule has 0 spiro atoms. The van der Waals surface area contributed by atoms with E-state index in [4.69, 9.17) is 27.1 Å². The molecule has 0 bridgehead atoms. The molecule has 0 aliphatic carbocycles. The smallest absolute Gasteiger partial charge is 0.254 e. The van der Waals surface area contributed by atoms with Crippen molar-refractivity contribution < 1.29 is 9.53 Å². The minimum absolute atomic E-state index is 0.0246. The summed E-state index contributed by atoms with van der Waals surface area (Å²) in [7, 11) is 0. The third-order valence-corrected chi connectivity index (χ3v) is 6.21. The van der Waals surface area contributed by atoms with Crippen LogP contribution in [0.15, 0.2) is 48.7 Å². The Morgan fingerprint density at radius 2 is 2.00 bits per heavy atom. The summed E-state index contributed by atoms with van der Waals surface area (Å²) in [6.45, 7) is 2.55. The lowest BCUT2D eigenvalue weighted by Crippen LogP contribution is -2.23. The van der Waals surface area contributed by atoms with E-state index in [9.17, 15) is 4.79 Å². The van der Waals surface area contributed by atoms with E-state index in [1.54, 1.807) is 6.20 Å². The molecule has 1 saturated heterocycles. The number of fused-ring (bicyclic) bond motifs is 1. The van der Waals surface area contributed by atoms with Crippen molar-refractivity contribution in [1.29, 1.82) is 0 Å². The molecule has 0 radical (unpaired) electrons. The standard InChI is InChI=1S/C24H23ClN4O2/c25-19-3-1-2-15(10-19)13-29-14-18-11-17(4-5-20(18)24(29)30)22-23(26)27-12-21(28-22)16-6-8-31-9-7-16/h1-5,10-12,16H,6-9,13-14H2,(H2,26,27). The first-order valence-corrected chi connectivity index (χ1v) is 10.8. The summed E-state index contributed by atoms with van der Waals surface area (Å²) in [4.78, 5) is 24.0. The molecule has 7 heteroatoms. The van der Waals surface area contributed by atoms with Crippen LogP contribution in [0.1, 0.15) is 45.9 Å². The summed E-state index contributed by atoms with van der Waals surface area (Å²) in [6, 6.07) is 13.4. The predicted molar refractivity (Wildman–Crippen MR) is 120 cm³/mol. The molecule has 0 unspecified atom stereocenters. The van der Waals surface area contributed by atoms with Gasteiger partial charge in [0, 0.05) is 48.4 Å². The molecule has 2 aliphatic heterocycles. The van der Waals surface area contributed by atoms with Gasteiger partial charge in [-0.2, -0.15) is 0 Å². The fourth-order valence-corrected chi connectivity index (χ4v) is 4.54. The molecule has 1 fully saturated rings. The Labute approximate surface area is 186 Å². The second kappa shape index (κ2) is 8.29. The van der Waals surface area contributed by atoms with Crippen LogP contribution in [0.3, 0.4) is 0 Å². The van der Waals surface area contributed by atoms with Gasteiger partial charge in [-0.05, 0) is 48.2 Å². The number of benzene rings is 2. The number of hydrogen-bond acceptors (Lipinski definition) is 5. The van der Waals surface area contributed by atoms with Crippen LogP contribution in [0.2, 0.25) is 5.02 Å². The van der Waals surface area contributed by atoms with Gasteiger partial charge in [-0.15, -0.1) is 0 Å². The van der Waals surface area contributed by atoms with Gasteiger partial charge in [0.2, 0.25) is 0 Å². The van der Waals surface area contributed by atoms with Crippen LogP contribution in [0.25, 0.3) is 11.3 Å². The second-order valence-corrected chi connectivity index (χ2v) is 8.51. The lowest BCUT2D eigenvalue weighted by molar-refractivity contribution is 0.0766. The molecular weight excluding hydrogens is 412 g/mol. The van der Waals surface area contributed by atoms with Crippen LogP contribution in [0, 0.1) is 0 Å². The van der Waals surface area contributed by atoms with Crippen LogP contribution < -0.4 is 5.73 Å². The maximum absolute atomic E-state index is 12.9. The molecule has 1 aromatic heterocycles. The number of amides is 1. The van der Waals surface area contributed by atoms with Crippen molar-refractivity contribution in [2.24, 2.45) is 0 Å². The summed E-state index contributed by atoms with van der Waals surface area (Å²) in [6.07, 6.45) is 3.66.